The average Bonchev–Trinajstić information content (AvgIpc) is 2.33. The fraction of sp³-hybridized carbons (Fsp3) is 0. The lowest BCUT2D eigenvalue weighted by atomic mass is 10.2. The zero-order chi connectivity index (χ0) is 11.4. The van der Waals surface area contributed by atoms with Gasteiger partial charge >= 0.3 is 5.97 Å². The molecule has 16 heavy (non-hydrogen) atoms. The maximum absolute atomic E-state index is 11.6. The van der Waals surface area contributed by atoms with Gasteiger partial charge in [-0.25, -0.2) is 4.79 Å². The third-order valence-electron chi connectivity index (χ3n) is 1.95. The average molecular weight is 232 g/mol. The molecule has 2 rings (SSSR count). The van der Waals surface area contributed by atoms with Gasteiger partial charge in [-0.2, -0.15) is 0 Å². The molecule has 0 aliphatic rings. The molecule has 3 heteroatoms. The summed E-state index contributed by atoms with van der Waals surface area (Å²) in [4.78, 5) is 11.6. The predicted molar refractivity (Wildman–Crippen MR) is 61.7 cm³/mol. The highest BCUT2D eigenvalue weighted by Gasteiger charge is 2.07. The highest BCUT2D eigenvalue weighted by Crippen LogP contribution is 2.16. The summed E-state index contributed by atoms with van der Waals surface area (Å²) >= 11 is 5.72. The van der Waals surface area contributed by atoms with Crippen LogP contribution in [0.25, 0.3) is 0 Å². The maximum Gasteiger partial charge on any atom is 0.344 e. The lowest BCUT2D eigenvalue weighted by molar-refractivity contribution is 0.0734. The van der Waals surface area contributed by atoms with Gasteiger partial charge < -0.3 is 4.74 Å². The number of esters is 1. The van der Waals surface area contributed by atoms with Crippen molar-refractivity contribution in [3.63, 3.8) is 0 Å². The minimum absolute atomic E-state index is 0.400. The van der Waals surface area contributed by atoms with Crippen LogP contribution < -0.4 is 4.74 Å². The van der Waals surface area contributed by atoms with Crippen molar-refractivity contribution >= 4 is 17.6 Å². The van der Waals surface area contributed by atoms with Crippen LogP contribution in [0.2, 0.25) is 5.02 Å². The summed E-state index contributed by atoms with van der Waals surface area (Å²) in [5.41, 5.74) is 0.400. The molecule has 0 atom stereocenters. The molecule has 0 heterocycles. The van der Waals surface area contributed by atoms with Crippen molar-refractivity contribution in [1.29, 1.82) is 0 Å². The van der Waals surface area contributed by atoms with E-state index >= 15 is 0 Å². The van der Waals surface area contributed by atoms with E-state index in [4.69, 9.17) is 16.3 Å². The highest BCUT2D eigenvalue weighted by molar-refractivity contribution is 6.30. The van der Waals surface area contributed by atoms with Gasteiger partial charge in [0, 0.05) is 5.02 Å². The van der Waals surface area contributed by atoms with Crippen LogP contribution in [0.15, 0.2) is 48.5 Å². The van der Waals surface area contributed by atoms with Crippen LogP contribution in [0.1, 0.15) is 10.4 Å². The number of halogens is 1. The second-order valence-electron chi connectivity index (χ2n) is 3.12. The maximum atomic E-state index is 11.6. The Bertz CT molecular complexity index is 477. The van der Waals surface area contributed by atoms with Gasteiger partial charge in [-0.05, 0) is 36.4 Å². The minimum atomic E-state index is -0.428. The first-order valence-electron chi connectivity index (χ1n) is 4.70. The van der Waals surface area contributed by atoms with Crippen LogP contribution in [0.5, 0.6) is 5.75 Å². The molecule has 0 spiro atoms. The van der Waals surface area contributed by atoms with Gasteiger partial charge in [-0.3, -0.25) is 0 Å². The van der Waals surface area contributed by atoms with E-state index < -0.39 is 5.97 Å². The summed E-state index contributed by atoms with van der Waals surface area (Å²) in [5.74, 6) is 0.0366. The van der Waals surface area contributed by atoms with Gasteiger partial charge in [-0.1, -0.05) is 29.8 Å². The molecule has 79 valence electrons. The Morgan fingerprint density at radius 3 is 2.50 bits per heavy atom. The van der Waals surface area contributed by atoms with Crippen molar-refractivity contribution in [2.24, 2.45) is 0 Å². The Morgan fingerprint density at radius 2 is 1.88 bits per heavy atom. The van der Waals surface area contributed by atoms with Crippen LogP contribution >= 0.6 is 11.6 Å². The Kier molecular flexibility index (Phi) is 3.22. The Labute approximate surface area is 98.4 Å². The first kappa shape index (κ1) is 10.7. The summed E-state index contributed by atoms with van der Waals surface area (Å²) in [6.45, 7) is 0. The molecule has 2 aromatic carbocycles. The summed E-state index contributed by atoms with van der Waals surface area (Å²) in [6, 6.07) is 16.3. The van der Waals surface area contributed by atoms with Crippen LogP contribution in [-0.2, 0) is 0 Å². The molecular formula is C13H8ClO2. The molecule has 0 saturated heterocycles. The van der Waals surface area contributed by atoms with E-state index in [1.54, 1.807) is 48.5 Å². The highest BCUT2D eigenvalue weighted by atomic mass is 35.5. The number of carbonyl (C=O) groups excluding carboxylic acids is 1. The fourth-order valence-corrected chi connectivity index (χ4v) is 1.31. The Morgan fingerprint density at radius 1 is 1.12 bits per heavy atom. The third kappa shape index (κ3) is 2.61. The summed E-state index contributed by atoms with van der Waals surface area (Å²) < 4.78 is 5.13. The number of hydrogen-bond acceptors (Lipinski definition) is 2. The fourth-order valence-electron chi connectivity index (χ4n) is 1.18. The molecule has 0 amide bonds. The number of rotatable bonds is 2. The minimum Gasteiger partial charge on any atom is -0.423 e. The summed E-state index contributed by atoms with van der Waals surface area (Å²) in [7, 11) is 0. The van der Waals surface area contributed by atoms with Crippen molar-refractivity contribution in [3.8, 4) is 5.75 Å². The van der Waals surface area contributed by atoms with E-state index in [0.717, 1.165) is 0 Å². The van der Waals surface area contributed by atoms with Crippen LogP contribution in [0.4, 0.5) is 0 Å². The van der Waals surface area contributed by atoms with Crippen molar-refractivity contribution in [2.45, 2.75) is 0 Å². The molecule has 0 unspecified atom stereocenters. The lowest BCUT2D eigenvalue weighted by Crippen LogP contribution is -2.08. The van der Waals surface area contributed by atoms with E-state index in [1.165, 1.54) is 0 Å². The normalized spacial score (nSPS) is 9.81. The van der Waals surface area contributed by atoms with Crippen molar-refractivity contribution in [3.05, 3.63) is 65.2 Å². The van der Waals surface area contributed by atoms with Crippen LogP contribution in [0, 0.1) is 6.07 Å². The number of benzene rings is 2. The second-order valence-corrected chi connectivity index (χ2v) is 3.56. The summed E-state index contributed by atoms with van der Waals surface area (Å²) in [6.07, 6.45) is 0. The van der Waals surface area contributed by atoms with E-state index in [-0.39, 0.29) is 0 Å². The van der Waals surface area contributed by atoms with Crippen molar-refractivity contribution < 1.29 is 9.53 Å². The van der Waals surface area contributed by atoms with Gasteiger partial charge in [-0.15, -0.1) is 0 Å². The molecular weight excluding hydrogens is 224 g/mol. The van der Waals surface area contributed by atoms with Crippen molar-refractivity contribution in [2.75, 3.05) is 0 Å². The molecule has 0 fully saturated rings. The van der Waals surface area contributed by atoms with Crippen LogP contribution in [0.3, 0.4) is 0 Å². The van der Waals surface area contributed by atoms with Crippen molar-refractivity contribution in [1.82, 2.24) is 0 Å². The van der Waals surface area contributed by atoms with Gasteiger partial charge in [0.15, 0.2) is 0 Å². The molecule has 2 nitrogen and oxygen atoms in total. The first-order chi connectivity index (χ1) is 7.75. The first-order valence-corrected chi connectivity index (χ1v) is 5.08. The molecule has 0 saturated carbocycles. The SMILES string of the molecule is O=C(Oc1ccc(Cl)cc1)c1[c]cccc1. The number of carbonyl (C=O) groups is 1. The molecule has 1 radical (unpaired) electrons. The largest absolute Gasteiger partial charge is 0.423 e. The van der Waals surface area contributed by atoms with E-state index in [2.05, 4.69) is 6.07 Å². The van der Waals surface area contributed by atoms with E-state index in [9.17, 15) is 4.79 Å². The monoisotopic (exact) mass is 231 g/mol. The predicted octanol–water partition coefficient (Wildman–Crippen LogP) is 3.36. The Hall–Kier alpha value is -1.80. The van der Waals surface area contributed by atoms with Gasteiger partial charge in [0.1, 0.15) is 5.75 Å². The molecule has 0 aliphatic carbocycles. The molecule has 0 N–H and O–H groups in total. The van der Waals surface area contributed by atoms with Gasteiger partial charge in [0.05, 0.1) is 5.56 Å². The lowest BCUT2D eigenvalue weighted by Gasteiger charge is -2.03. The molecule has 2 aromatic rings. The number of ether oxygens (including phenoxy) is 1. The second kappa shape index (κ2) is 4.81. The smallest absolute Gasteiger partial charge is 0.344 e. The Balaban J connectivity index is 2.11. The number of hydrogen-bond donors (Lipinski definition) is 0. The molecule has 0 aliphatic heterocycles. The standard InChI is InChI=1S/C13H8ClO2/c14-11-6-8-12(9-7-11)16-13(15)10-4-2-1-3-5-10/h1-4,6-9H. The van der Waals surface area contributed by atoms with Gasteiger partial charge in [0.25, 0.3) is 0 Å². The summed E-state index contributed by atoms with van der Waals surface area (Å²) in [5, 5.41) is 0.603. The van der Waals surface area contributed by atoms with Gasteiger partial charge in [0.2, 0.25) is 0 Å². The quantitative estimate of drug-likeness (QED) is 0.585. The zero-order valence-electron chi connectivity index (χ0n) is 8.31. The molecule has 0 bridgehead atoms. The van der Waals surface area contributed by atoms with E-state index in [0.29, 0.717) is 16.3 Å². The third-order valence-corrected chi connectivity index (χ3v) is 2.21. The van der Waals surface area contributed by atoms with E-state index in [1.807, 2.05) is 0 Å². The zero-order valence-corrected chi connectivity index (χ0v) is 9.07. The topological polar surface area (TPSA) is 26.3 Å². The van der Waals surface area contributed by atoms with Crippen LogP contribution in [-0.4, -0.2) is 5.97 Å². The molecule has 0 aromatic heterocycles.